The van der Waals surface area contributed by atoms with Gasteiger partial charge in [-0.05, 0) is 32.2 Å². The summed E-state index contributed by atoms with van der Waals surface area (Å²) in [7, 11) is 0. The Hall–Kier alpha value is -2.29. The third-order valence-electron chi connectivity index (χ3n) is 3.50. The summed E-state index contributed by atoms with van der Waals surface area (Å²) in [5.41, 5.74) is -0.0194. The zero-order valence-electron chi connectivity index (χ0n) is 12.8. The van der Waals surface area contributed by atoms with Crippen molar-refractivity contribution in [2.45, 2.75) is 26.3 Å². The van der Waals surface area contributed by atoms with Crippen LogP contribution in [-0.4, -0.2) is 28.0 Å². The summed E-state index contributed by atoms with van der Waals surface area (Å²) in [5, 5.41) is 12.0. The molecule has 2 rings (SSSR count). The Bertz CT molecular complexity index is 683. The monoisotopic (exact) mass is 283 g/mol. The Labute approximate surface area is 125 Å². The molecule has 0 fully saturated rings. The molecular weight excluding hydrogens is 262 g/mol. The Morgan fingerprint density at radius 2 is 1.90 bits per heavy atom. The lowest BCUT2D eigenvalue weighted by molar-refractivity contribution is 0.0614. The van der Waals surface area contributed by atoms with Crippen molar-refractivity contribution >= 4 is 16.7 Å². The molecular formula is C18H21NO2. The number of rotatable bonds is 3. The topological polar surface area (TPSA) is 40.5 Å². The normalized spacial score (nSPS) is 11.4. The van der Waals surface area contributed by atoms with Gasteiger partial charge >= 0.3 is 0 Å². The van der Waals surface area contributed by atoms with Gasteiger partial charge in [0, 0.05) is 17.5 Å². The number of benzene rings is 2. The van der Waals surface area contributed by atoms with Crippen molar-refractivity contribution in [1.29, 1.82) is 0 Å². The van der Waals surface area contributed by atoms with Crippen molar-refractivity contribution in [2.24, 2.45) is 0 Å². The highest BCUT2D eigenvalue weighted by molar-refractivity contribution is 6.03. The average Bonchev–Trinajstić information content (AvgIpc) is 2.43. The van der Waals surface area contributed by atoms with Gasteiger partial charge in [0.25, 0.3) is 5.91 Å². The predicted molar refractivity (Wildman–Crippen MR) is 86.6 cm³/mol. The minimum Gasteiger partial charge on any atom is -0.506 e. The highest BCUT2D eigenvalue weighted by atomic mass is 16.3. The van der Waals surface area contributed by atoms with E-state index in [1.165, 1.54) is 0 Å². The van der Waals surface area contributed by atoms with Crippen LogP contribution in [0, 0.1) is 0 Å². The number of phenols is 1. The second kappa shape index (κ2) is 5.60. The van der Waals surface area contributed by atoms with Gasteiger partial charge in [0.2, 0.25) is 0 Å². The summed E-state index contributed by atoms with van der Waals surface area (Å²) in [6, 6.07) is 11.0. The van der Waals surface area contributed by atoms with Crippen LogP contribution in [0.25, 0.3) is 10.8 Å². The van der Waals surface area contributed by atoms with E-state index < -0.39 is 0 Å². The van der Waals surface area contributed by atoms with Crippen LogP contribution in [0.3, 0.4) is 0 Å². The summed E-state index contributed by atoms with van der Waals surface area (Å²) >= 11 is 0. The number of nitrogens with zero attached hydrogens (tertiary/aromatic N) is 1. The van der Waals surface area contributed by atoms with Gasteiger partial charge in [0.1, 0.15) is 5.75 Å². The Morgan fingerprint density at radius 3 is 2.52 bits per heavy atom. The highest BCUT2D eigenvalue weighted by Gasteiger charge is 2.28. The molecule has 0 heterocycles. The molecule has 3 heteroatoms. The van der Waals surface area contributed by atoms with Crippen LogP contribution < -0.4 is 0 Å². The molecule has 0 aliphatic heterocycles. The number of carbonyl (C=O) groups is 1. The summed E-state index contributed by atoms with van der Waals surface area (Å²) in [4.78, 5) is 14.5. The summed E-state index contributed by atoms with van der Waals surface area (Å²) in [6.07, 6.45) is 1.70. The third-order valence-corrected chi connectivity index (χ3v) is 3.50. The smallest absolute Gasteiger partial charge is 0.258 e. The minimum atomic E-state index is -0.344. The van der Waals surface area contributed by atoms with E-state index in [0.717, 1.165) is 5.39 Å². The summed E-state index contributed by atoms with van der Waals surface area (Å²) < 4.78 is 0. The van der Waals surface area contributed by atoms with Crippen LogP contribution in [0.1, 0.15) is 31.1 Å². The zero-order chi connectivity index (χ0) is 15.6. The van der Waals surface area contributed by atoms with Crippen LogP contribution in [-0.2, 0) is 0 Å². The summed E-state index contributed by atoms with van der Waals surface area (Å²) in [6.45, 7) is 10.0. The lowest BCUT2D eigenvalue weighted by Crippen LogP contribution is -2.45. The first-order chi connectivity index (χ1) is 9.86. The largest absolute Gasteiger partial charge is 0.506 e. The lowest BCUT2D eigenvalue weighted by Gasteiger charge is -2.35. The molecule has 0 spiro atoms. The average molecular weight is 283 g/mol. The van der Waals surface area contributed by atoms with Gasteiger partial charge in [-0.1, -0.05) is 36.4 Å². The van der Waals surface area contributed by atoms with E-state index >= 15 is 0 Å². The van der Waals surface area contributed by atoms with Gasteiger partial charge < -0.3 is 10.0 Å². The van der Waals surface area contributed by atoms with Gasteiger partial charge in [-0.25, -0.2) is 0 Å². The molecule has 1 amide bonds. The molecule has 0 bridgehead atoms. The van der Waals surface area contributed by atoms with E-state index in [1.807, 2.05) is 51.1 Å². The Balaban J connectivity index is 2.52. The van der Waals surface area contributed by atoms with E-state index in [4.69, 9.17) is 0 Å². The first-order valence-corrected chi connectivity index (χ1v) is 7.00. The quantitative estimate of drug-likeness (QED) is 0.866. The summed E-state index contributed by atoms with van der Waals surface area (Å²) in [5.74, 6) is -0.151. The number of hydrogen-bond acceptors (Lipinski definition) is 2. The number of carbonyl (C=O) groups excluding carboxylic acids is 1. The SMILES string of the molecule is C=CCN(C(=O)c1ccc2ccccc2c1O)C(C)(C)C. The predicted octanol–water partition coefficient (Wildman–Crippen LogP) is 3.97. The fourth-order valence-corrected chi connectivity index (χ4v) is 2.36. The number of hydrogen-bond donors (Lipinski definition) is 1. The molecule has 0 aromatic heterocycles. The van der Waals surface area contributed by atoms with Crippen molar-refractivity contribution < 1.29 is 9.90 Å². The molecule has 1 N–H and O–H groups in total. The highest BCUT2D eigenvalue weighted by Crippen LogP contribution is 2.30. The zero-order valence-corrected chi connectivity index (χ0v) is 12.8. The van der Waals surface area contributed by atoms with E-state index in [0.29, 0.717) is 17.5 Å². The van der Waals surface area contributed by atoms with Crippen molar-refractivity contribution in [3.05, 3.63) is 54.6 Å². The Kier molecular flexibility index (Phi) is 4.03. The van der Waals surface area contributed by atoms with E-state index in [1.54, 1.807) is 17.0 Å². The van der Waals surface area contributed by atoms with Crippen molar-refractivity contribution in [3.8, 4) is 5.75 Å². The number of amides is 1. The van der Waals surface area contributed by atoms with Gasteiger partial charge in [-0.3, -0.25) is 4.79 Å². The maximum atomic E-state index is 12.8. The van der Waals surface area contributed by atoms with Crippen LogP contribution in [0.5, 0.6) is 5.75 Å². The molecule has 0 atom stereocenters. The fourth-order valence-electron chi connectivity index (χ4n) is 2.36. The van der Waals surface area contributed by atoms with E-state index in [-0.39, 0.29) is 17.2 Å². The maximum Gasteiger partial charge on any atom is 0.258 e. The lowest BCUT2D eigenvalue weighted by atomic mass is 10.0. The number of aromatic hydroxyl groups is 1. The van der Waals surface area contributed by atoms with Gasteiger partial charge in [0.05, 0.1) is 5.56 Å². The molecule has 0 aliphatic carbocycles. The molecule has 0 saturated heterocycles. The van der Waals surface area contributed by atoms with Gasteiger partial charge in [0.15, 0.2) is 0 Å². The maximum absolute atomic E-state index is 12.8. The van der Waals surface area contributed by atoms with Gasteiger partial charge in [-0.15, -0.1) is 6.58 Å². The first kappa shape index (κ1) is 15.1. The third kappa shape index (κ3) is 2.92. The van der Waals surface area contributed by atoms with E-state index in [2.05, 4.69) is 6.58 Å². The second-order valence-corrected chi connectivity index (χ2v) is 6.06. The van der Waals surface area contributed by atoms with Crippen molar-refractivity contribution in [2.75, 3.05) is 6.54 Å². The first-order valence-electron chi connectivity index (χ1n) is 7.00. The fraction of sp³-hybridized carbons (Fsp3) is 0.278. The molecule has 0 radical (unpaired) electrons. The molecule has 0 saturated carbocycles. The molecule has 0 unspecified atom stereocenters. The van der Waals surface area contributed by atoms with Crippen LogP contribution in [0.15, 0.2) is 49.1 Å². The minimum absolute atomic E-state index is 0.0383. The molecule has 2 aromatic carbocycles. The number of fused-ring (bicyclic) bond motifs is 1. The van der Waals surface area contributed by atoms with E-state index in [9.17, 15) is 9.90 Å². The van der Waals surface area contributed by atoms with Crippen molar-refractivity contribution in [1.82, 2.24) is 4.90 Å². The van der Waals surface area contributed by atoms with Crippen LogP contribution in [0.4, 0.5) is 0 Å². The standard InChI is InChI=1S/C18H21NO2/c1-5-12-19(18(2,3)4)17(21)15-11-10-13-8-6-7-9-14(13)16(15)20/h5-11,20H,1,12H2,2-4H3. The van der Waals surface area contributed by atoms with Crippen LogP contribution in [0.2, 0.25) is 0 Å². The van der Waals surface area contributed by atoms with Crippen molar-refractivity contribution in [3.63, 3.8) is 0 Å². The molecule has 0 aliphatic rings. The van der Waals surface area contributed by atoms with Crippen LogP contribution >= 0.6 is 0 Å². The Morgan fingerprint density at radius 1 is 1.24 bits per heavy atom. The molecule has 21 heavy (non-hydrogen) atoms. The molecule has 3 nitrogen and oxygen atoms in total. The molecule has 2 aromatic rings. The van der Waals surface area contributed by atoms with Gasteiger partial charge in [-0.2, -0.15) is 0 Å². The molecule has 110 valence electrons. The number of phenolic OH excluding ortho intramolecular Hbond substituents is 1. The second-order valence-electron chi connectivity index (χ2n) is 6.06.